The van der Waals surface area contributed by atoms with E-state index < -0.39 is 23.8 Å². The Bertz CT molecular complexity index is 348. The van der Waals surface area contributed by atoms with Crippen molar-refractivity contribution in [3.05, 3.63) is 11.1 Å². The van der Waals surface area contributed by atoms with Gasteiger partial charge in [-0.05, 0) is 38.5 Å². The molecule has 0 aromatic carbocycles. The van der Waals surface area contributed by atoms with E-state index in [4.69, 9.17) is 0 Å². The van der Waals surface area contributed by atoms with Crippen LogP contribution in [0.4, 0.5) is 0 Å². The number of hydrogen-bond acceptors (Lipinski definition) is 4. The summed E-state index contributed by atoms with van der Waals surface area (Å²) in [6.45, 7) is 3.81. The van der Waals surface area contributed by atoms with Gasteiger partial charge in [0.1, 0.15) is 0 Å². The summed E-state index contributed by atoms with van der Waals surface area (Å²) in [4.78, 5) is 22.1. The second-order valence-electron chi connectivity index (χ2n) is 4.94. The predicted octanol–water partition coefficient (Wildman–Crippen LogP) is -0.905. The van der Waals surface area contributed by atoms with Gasteiger partial charge in [-0.3, -0.25) is 0 Å². The summed E-state index contributed by atoms with van der Waals surface area (Å²) in [7, 11) is 0. The number of carboxylic acid groups (broad SMARTS) is 2. The topological polar surface area (TPSA) is 80.3 Å². The van der Waals surface area contributed by atoms with E-state index in [-0.39, 0.29) is 11.8 Å². The van der Waals surface area contributed by atoms with Crippen molar-refractivity contribution in [1.29, 1.82) is 0 Å². The highest BCUT2D eigenvalue weighted by Gasteiger charge is 2.52. The van der Waals surface area contributed by atoms with Crippen LogP contribution in [-0.4, -0.2) is 11.9 Å². The first-order valence-corrected chi connectivity index (χ1v) is 5.54. The van der Waals surface area contributed by atoms with Crippen molar-refractivity contribution in [1.82, 2.24) is 0 Å². The molecule has 2 aliphatic rings. The van der Waals surface area contributed by atoms with Crippen LogP contribution in [0.3, 0.4) is 0 Å². The van der Waals surface area contributed by atoms with Crippen molar-refractivity contribution in [2.45, 2.75) is 26.7 Å². The molecule has 2 aliphatic carbocycles. The van der Waals surface area contributed by atoms with E-state index in [1.165, 1.54) is 0 Å². The Morgan fingerprint density at radius 2 is 1.38 bits per heavy atom. The monoisotopic (exact) mass is 222 g/mol. The first-order valence-electron chi connectivity index (χ1n) is 5.54. The highest BCUT2D eigenvalue weighted by atomic mass is 16.4. The van der Waals surface area contributed by atoms with Gasteiger partial charge in [0.15, 0.2) is 0 Å². The summed E-state index contributed by atoms with van der Waals surface area (Å²) in [5.41, 5.74) is 2.06. The molecule has 0 spiro atoms. The molecule has 2 bridgehead atoms. The molecular weight excluding hydrogens is 208 g/mol. The number of hydrogen-bond donors (Lipinski definition) is 0. The average molecular weight is 222 g/mol. The molecule has 0 radical (unpaired) electrons. The van der Waals surface area contributed by atoms with Crippen LogP contribution in [-0.2, 0) is 9.59 Å². The largest absolute Gasteiger partial charge is 0.550 e. The van der Waals surface area contributed by atoms with Gasteiger partial charge in [0, 0.05) is 23.8 Å². The molecule has 4 atom stereocenters. The number of allylic oxidation sites excluding steroid dienone is 2. The molecule has 0 saturated heterocycles. The summed E-state index contributed by atoms with van der Waals surface area (Å²) in [5.74, 6) is -4.59. The van der Waals surface area contributed by atoms with Gasteiger partial charge < -0.3 is 19.8 Å². The van der Waals surface area contributed by atoms with Crippen LogP contribution in [0.15, 0.2) is 11.1 Å². The highest BCUT2D eigenvalue weighted by molar-refractivity contribution is 5.81. The minimum absolute atomic E-state index is 0.150. The maximum atomic E-state index is 11.0. The zero-order chi connectivity index (χ0) is 12.0. The van der Waals surface area contributed by atoms with Gasteiger partial charge in [-0.2, -0.15) is 0 Å². The molecule has 0 amide bonds. The van der Waals surface area contributed by atoms with E-state index in [1.54, 1.807) is 0 Å². The van der Waals surface area contributed by atoms with Crippen LogP contribution >= 0.6 is 0 Å². The van der Waals surface area contributed by atoms with Gasteiger partial charge in [-0.25, -0.2) is 0 Å². The van der Waals surface area contributed by atoms with Crippen LogP contribution in [0.2, 0.25) is 0 Å². The van der Waals surface area contributed by atoms with Crippen LogP contribution in [0.25, 0.3) is 0 Å². The Kier molecular flexibility index (Phi) is 2.52. The summed E-state index contributed by atoms with van der Waals surface area (Å²) in [6, 6.07) is 0. The number of carbonyl (C=O) groups excluding carboxylic acids is 2. The Balaban J connectivity index is 2.46. The third kappa shape index (κ3) is 1.36. The number of fused-ring (bicyclic) bond motifs is 2. The Hall–Kier alpha value is -1.32. The van der Waals surface area contributed by atoms with Gasteiger partial charge in [0.2, 0.25) is 0 Å². The molecule has 0 unspecified atom stereocenters. The molecule has 16 heavy (non-hydrogen) atoms. The normalized spacial score (nSPS) is 36.5. The number of aliphatic carboxylic acids is 2. The van der Waals surface area contributed by atoms with Crippen molar-refractivity contribution in [3.8, 4) is 0 Å². The lowest BCUT2D eigenvalue weighted by Crippen LogP contribution is -2.46. The molecule has 0 aliphatic heterocycles. The predicted molar refractivity (Wildman–Crippen MR) is 51.6 cm³/mol. The number of rotatable bonds is 2. The van der Waals surface area contributed by atoms with Crippen LogP contribution in [0, 0.1) is 23.7 Å². The zero-order valence-electron chi connectivity index (χ0n) is 9.36. The summed E-state index contributed by atoms with van der Waals surface area (Å²) < 4.78 is 0. The molecule has 0 aromatic rings. The zero-order valence-corrected chi connectivity index (χ0v) is 9.36. The molecule has 2 fully saturated rings. The smallest absolute Gasteiger partial charge is 0.0458 e. The van der Waals surface area contributed by atoms with E-state index in [0.717, 1.165) is 24.0 Å². The van der Waals surface area contributed by atoms with E-state index >= 15 is 0 Å². The number of carbonyl (C=O) groups is 2. The lowest BCUT2D eigenvalue weighted by atomic mass is 9.79. The Labute approximate surface area is 94.0 Å². The maximum Gasteiger partial charge on any atom is 0.0458 e. The van der Waals surface area contributed by atoms with E-state index in [0.29, 0.717) is 0 Å². The summed E-state index contributed by atoms with van der Waals surface area (Å²) in [5, 5.41) is 22.1. The number of carboxylic acids is 2. The highest BCUT2D eigenvalue weighted by Crippen LogP contribution is 2.56. The minimum atomic E-state index is -1.25. The Morgan fingerprint density at radius 1 is 1.00 bits per heavy atom. The Morgan fingerprint density at radius 3 is 1.62 bits per heavy atom. The quantitative estimate of drug-likeness (QED) is 0.567. The molecule has 0 N–H and O–H groups in total. The molecule has 2 rings (SSSR count). The SMILES string of the molecule is CC(C)=C1[C@@H]2CC[C@@H]1[C@@H](C(=O)[O-])[C@H]2C(=O)[O-]. The molecule has 0 heterocycles. The van der Waals surface area contributed by atoms with Gasteiger partial charge in [0.05, 0.1) is 0 Å². The standard InChI is InChI=1S/C12H16O4/c1-5(2)8-6-3-4-7(8)10(12(15)16)9(6)11(13)14/h6-7,9-10H,3-4H2,1-2H3,(H,13,14)(H,15,16)/p-2/t6-,7-,9-,10+/m0/s1. The van der Waals surface area contributed by atoms with Gasteiger partial charge in [-0.1, -0.05) is 11.1 Å². The minimum Gasteiger partial charge on any atom is -0.550 e. The van der Waals surface area contributed by atoms with Crippen LogP contribution in [0.1, 0.15) is 26.7 Å². The van der Waals surface area contributed by atoms with Crippen molar-refractivity contribution in [3.63, 3.8) is 0 Å². The van der Waals surface area contributed by atoms with Crippen molar-refractivity contribution >= 4 is 11.9 Å². The van der Waals surface area contributed by atoms with Gasteiger partial charge in [-0.15, -0.1) is 0 Å². The van der Waals surface area contributed by atoms with Crippen molar-refractivity contribution in [2.75, 3.05) is 0 Å². The third-order valence-electron chi connectivity index (χ3n) is 3.96. The lowest BCUT2D eigenvalue weighted by Gasteiger charge is -2.31. The van der Waals surface area contributed by atoms with Crippen LogP contribution in [0.5, 0.6) is 0 Å². The fourth-order valence-electron chi connectivity index (χ4n) is 3.55. The molecule has 2 saturated carbocycles. The van der Waals surface area contributed by atoms with E-state index in [2.05, 4.69) is 0 Å². The molecule has 88 valence electrons. The molecular formula is C12H14O4-2. The summed E-state index contributed by atoms with van der Waals surface area (Å²) >= 11 is 0. The van der Waals surface area contributed by atoms with E-state index in [1.807, 2.05) is 13.8 Å². The van der Waals surface area contributed by atoms with Crippen molar-refractivity contribution in [2.24, 2.45) is 23.7 Å². The molecule has 0 aromatic heterocycles. The third-order valence-corrected chi connectivity index (χ3v) is 3.96. The fraction of sp³-hybridized carbons (Fsp3) is 0.667. The first-order chi connectivity index (χ1) is 7.45. The maximum absolute atomic E-state index is 11.0. The second kappa shape index (κ2) is 3.61. The van der Waals surface area contributed by atoms with Crippen molar-refractivity contribution < 1.29 is 19.8 Å². The van der Waals surface area contributed by atoms with E-state index in [9.17, 15) is 19.8 Å². The average Bonchev–Trinajstić information content (AvgIpc) is 2.70. The molecule has 4 nitrogen and oxygen atoms in total. The fourth-order valence-corrected chi connectivity index (χ4v) is 3.55. The molecule has 4 heteroatoms. The first kappa shape index (κ1) is 11.2. The van der Waals surface area contributed by atoms with Crippen LogP contribution < -0.4 is 10.2 Å². The lowest BCUT2D eigenvalue weighted by molar-refractivity contribution is -0.328. The van der Waals surface area contributed by atoms with Gasteiger partial charge in [0.25, 0.3) is 0 Å². The second-order valence-corrected chi connectivity index (χ2v) is 4.94. The summed E-state index contributed by atoms with van der Waals surface area (Å²) in [6.07, 6.45) is 1.52. The van der Waals surface area contributed by atoms with Gasteiger partial charge >= 0.3 is 0 Å².